The Hall–Kier alpha value is -0.680. The van der Waals surface area contributed by atoms with Crippen LogP contribution in [0.5, 0.6) is 0 Å². The summed E-state index contributed by atoms with van der Waals surface area (Å²) in [5, 5.41) is 0.827. The van der Waals surface area contributed by atoms with E-state index in [1.54, 1.807) is 18.2 Å². The first kappa shape index (κ1) is 20.3. The van der Waals surface area contributed by atoms with Gasteiger partial charge in [0.25, 0.3) is 0 Å². The molecular formula is C15H18BrCl2NO2. The maximum atomic E-state index is 12.1. The summed E-state index contributed by atoms with van der Waals surface area (Å²) in [7, 11) is 3.74. The molecular weight excluding hydrogens is 377 g/mol. The Kier molecular flexibility index (Phi) is 9.06. The molecule has 3 nitrogen and oxygen atoms in total. The number of allylic oxidation sites excluding steroid dienone is 1. The Morgan fingerprint density at radius 1 is 1.19 bits per heavy atom. The summed E-state index contributed by atoms with van der Waals surface area (Å²) < 4.78 is 0. The van der Waals surface area contributed by atoms with Gasteiger partial charge in [0.1, 0.15) is 0 Å². The summed E-state index contributed by atoms with van der Waals surface area (Å²) >= 11 is 12.1. The fourth-order valence-electron chi connectivity index (χ4n) is 1.63. The van der Waals surface area contributed by atoms with E-state index in [2.05, 4.69) is 0 Å². The number of rotatable bonds is 6. The van der Waals surface area contributed by atoms with E-state index in [1.807, 2.05) is 19.0 Å². The second kappa shape index (κ2) is 9.36. The van der Waals surface area contributed by atoms with Crippen LogP contribution in [0.15, 0.2) is 23.8 Å². The lowest BCUT2D eigenvalue weighted by molar-refractivity contribution is -0.120. The Balaban J connectivity index is 0.00000400. The molecule has 0 fully saturated rings. The minimum absolute atomic E-state index is 0. The molecule has 0 aliphatic rings. The molecule has 0 aliphatic heterocycles. The molecule has 0 spiro atoms. The highest BCUT2D eigenvalue weighted by atomic mass is 79.9. The van der Waals surface area contributed by atoms with E-state index in [0.717, 1.165) is 0 Å². The zero-order chi connectivity index (χ0) is 15.3. The third kappa shape index (κ3) is 6.30. The summed E-state index contributed by atoms with van der Waals surface area (Å²) in [5.41, 5.74) is 0.626. The molecule has 0 N–H and O–H groups in total. The van der Waals surface area contributed by atoms with Gasteiger partial charge >= 0.3 is 0 Å². The summed E-state index contributed by atoms with van der Waals surface area (Å²) in [6.07, 6.45) is 1.76. The predicted molar refractivity (Wildman–Crippen MR) is 93.6 cm³/mol. The van der Waals surface area contributed by atoms with Crippen molar-refractivity contribution >= 4 is 57.8 Å². The van der Waals surface area contributed by atoms with Crippen LogP contribution in [0.2, 0.25) is 10.0 Å². The van der Waals surface area contributed by atoms with Crippen molar-refractivity contribution in [2.24, 2.45) is 0 Å². The molecule has 0 amide bonds. The predicted octanol–water partition coefficient (Wildman–Crippen LogP) is 4.06. The number of hydrogen-bond acceptors (Lipinski definition) is 3. The summed E-state index contributed by atoms with van der Waals surface area (Å²) in [6, 6.07) is 5.05. The second-order valence-electron chi connectivity index (χ2n) is 4.73. The molecule has 0 unspecified atom stereocenters. The monoisotopic (exact) mass is 393 g/mol. The minimum Gasteiger partial charge on any atom is -0.309 e. The van der Waals surface area contributed by atoms with Crippen LogP contribution >= 0.6 is 40.2 Å². The van der Waals surface area contributed by atoms with Crippen LogP contribution in [-0.4, -0.2) is 37.1 Å². The van der Waals surface area contributed by atoms with E-state index in [-0.39, 0.29) is 40.5 Å². The number of nitrogens with zero attached hydrogens (tertiary/aromatic N) is 1. The van der Waals surface area contributed by atoms with Gasteiger partial charge in [0.05, 0.1) is 5.57 Å². The van der Waals surface area contributed by atoms with Crippen molar-refractivity contribution in [3.05, 3.63) is 39.4 Å². The molecule has 0 aromatic heterocycles. The average Bonchev–Trinajstić information content (AvgIpc) is 2.35. The van der Waals surface area contributed by atoms with Gasteiger partial charge in [0.2, 0.25) is 0 Å². The summed E-state index contributed by atoms with van der Waals surface area (Å²) in [5.74, 6) is -0.494. The molecule has 1 rings (SSSR count). The van der Waals surface area contributed by atoms with Crippen molar-refractivity contribution < 1.29 is 9.59 Å². The highest BCUT2D eigenvalue weighted by Crippen LogP contribution is 2.27. The van der Waals surface area contributed by atoms with E-state index in [1.165, 1.54) is 13.0 Å². The van der Waals surface area contributed by atoms with Crippen LogP contribution in [0.25, 0.3) is 6.08 Å². The molecule has 6 heteroatoms. The number of carbonyl (C=O) groups excluding carboxylic acids is 2. The van der Waals surface area contributed by atoms with Gasteiger partial charge in [0.15, 0.2) is 11.6 Å². The molecule has 0 radical (unpaired) electrons. The van der Waals surface area contributed by atoms with E-state index < -0.39 is 0 Å². The molecule has 0 saturated carbocycles. The lowest BCUT2D eigenvalue weighted by atomic mass is 10.0. The smallest absolute Gasteiger partial charge is 0.167 e. The van der Waals surface area contributed by atoms with Gasteiger partial charge in [-0.15, -0.1) is 17.0 Å². The van der Waals surface area contributed by atoms with Crippen molar-refractivity contribution in [2.75, 3.05) is 20.6 Å². The minimum atomic E-state index is -0.287. The van der Waals surface area contributed by atoms with Gasteiger partial charge in [-0.2, -0.15) is 0 Å². The number of benzene rings is 1. The fourth-order valence-corrected chi connectivity index (χ4v) is 2.14. The second-order valence-corrected chi connectivity index (χ2v) is 5.54. The Labute approximate surface area is 145 Å². The van der Waals surface area contributed by atoms with E-state index >= 15 is 0 Å². The number of Topliss-reactive ketones (excluding diaryl/α,β-unsaturated/α-hetero) is 2. The lowest BCUT2D eigenvalue weighted by Gasteiger charge is -2.10. The zero-order valence-corrected chi connectivity index (χ0v) is 15.4. The van der Waals surface area contributed by atoms with Gasteiger partial charge in [-0.05, 0) is 39.2 Å². The molecule has 0 aliphatic carbocycles. The molecule has 1 aromatic rings. The molecule has 116 valence electrons. The highest BCUT2D eigenvalue weighted by molar-refractivity contribution is 8.93. The van der Waals surface area contributed by atoms with Crippen LogP contribution in [0, 0.1) is 0 Å². The molecule has 0 saturated heterocycles. The van der Waals surface area contributed by atoms with Crippen molar-refractivity contribution in [3.63, 3.8) is 0 Å². The van der Waals surface area contributed by atoms with E-state index in [0.29, 0.717) is 22.2 Å². The molecule has 0 bridgehead atoms. The zero-order valence-electron chi connectivity index (χ0n) is 12.2. The number of halogens is 3. The third-order valence-corrected chi connectivity index (χ3v) is 3.41. The first-order chi connectivity index (χ1) is 9.32. The normalized spacial score (nSPS) is 11.2. The van der Waals surface area contributed by atoms with Gasteiger partial charge in [-0.3, -0.25) is 9.59 Å². The van der Waals surface area contributed by atoms with Gasteiger partial charge in [-0.1, -0.05) is 29.3 Å². The van der Waals surface area contributed by atoms with Crippen LogP contribution in [0.3, 0.4) is 0 Å². The Bertz CT molecular complexity index is 536. The first-order valence-electron chi connectivity index (χ1n) is 6.17. The average molecular weight is 395 g/mol. The van der Waals surface area contributed by atoms with Crippen molar-refractivity contribution in [2.45, 2.75) is 13.3 Å². The highest BCUT2D eigenvalue weighted by Gasteiger charge is 2.16. The maximum Gasteiger partial charge on any atom is 0.167 e. The number of ketones is 2. The SMILES string of the molecule is Br.CC(=O)/C(=C\c1c(Cl)cccc1Cl)C(=O)CCN(C)C. The van der Waals surface area contributed by atoms with Crippen molar-refractivity contribution in [3.8, 4) is 0 Å². The Morgan fingerprint density at radius 3 is 2.14 bits per heavy atom. The largest absolute Gasteiger partial charge is 0.309 e. The first-order valence-corrected chi connectivity index (χ1v) is 6.93. The maximum absolute atomic E-state index is 12.1. The van der Waals surface area contributed by atoms with Crippen LogP contribution in [-0.2, 0) is 9.59 Å². The number of carbonyl (C=O) groups is 2. The standard InChI is InChI=1S/C15H17Cl2NO2.BrH/c1-10(19)11(15(20)7-8-18(2)3)9-12-13(16)5-4-6-14(12)17;/h4-6,9H,7-8H2,1-3H3;1H/b11-9+;. The quantitative estimate of drug-likeness (QED) is 0.414. The third-order valence-electron chi connectivity index (χ3n) is 2.75. The van der Waals surface area contributed by atoms with Crippen LogP contribution in [0.1, 0.15) is 18.9 Å². The fraction of sp³-hybridized carbons (Fsp3) is 0.333. The Morgan fingerprint density at radius 2 is 1.71 bits per heavy atom. The molecule has 0 atom stereocenters. The van der Waals surface area contributed by atoms with Crippen LogP contribution < -0.4 is 0 Å². The lowest BCUT2D eigenvalue weighted by Crippen LogP contribution is -2.19. The summed E-state index contributed by atoms with van der Waals surface area (Å²) in [4.78, 5) is 25.7. The number of hydrogen-bond donors (Lipinski definition) is 0. The molecule has 0 heterocycles. The molecule has 1 aromatic carbocycles. The summed E-state index contributed by atoms with van der Waals surface area (Å²) in [6.45, 7) is 1.95. The van der Waals surface area contributed by atoms with Gasteiger partial charge in [0, 0.05) is 28.6 Å². The van der Waals surface area contributed by atoms with Gasteiger partial charge in [-0.25, -0.2) is 0 Å². The van der Waals surface area contributed by atoms with E-state index in [9.17, 15) is 9.59 Å². The van der Waals surface area contributed by atoms with Crippen molar-refractivity contribution in [1.29, 1.82) is 0 Å². The van der Waals surface area contributed by atoms with Gasteiger partial charge < -0.3 is 4.90 Å². The topological polar surface area (TPSA) is 37.4 Å². The van der Waals surface area contributed by atoms with E-state index in [4.69, 9.17) is 23.2 Å². The van der Waals surface area contributed by atoms with Crippen molar-refractivity contribution in [1.82, 2.24) is 4.90 Å². The molecule has 21 heavy (non-hydrogen) atoms. The van der Waals surface area contributed by atoms with Crippen LogP contribution in [0.4, 0.5) is 0 Å².